The zero-order valence-electron chi connectivity index (χ0n) is 11.9. The highest BCUT2D eigenvalue weighted by atomic mass is 16.3. The smallest absolute Gasteiger partial charge is 0.273 e. The Bertz CT molecular complexity index is 665. The normalized spacial score (nSPS) is 20.9. The third-order valence-corrected chi connectivity index (χ3v) is 4.06. The summed E-state index contributed by atoms with van der Waals surface area (Å²) in [5.41, 5.74) is 1.32. The molecule has 0 bridgehead atoms. The minimum absolute atomic E-state index is 0.176. The number of rotatable bonds is 3. The summed E-state index contributed by atoms with van der Waals surface area (Å²) in [5, 5.41) is 13.6. The van der Waals surface area contributed by atoms with Crippen LogP contribution in [0.15, 0.2) is 35.1 Å². The van der Waals surface area contributed by atoms with Gasteiger partial charge in [0.15, 0.2) is 12.1 Å². The first-order valence-corrected chi connectivity index (χ1v) is 7.09. The molecule has 5 heteroatoms. The molecule has 110 valence electrons. The molecule has 0 saturated carbocycles. The van der Waals surface area contributed by atoms with E-state index in [1.54, 1.807) is 6.92 Å². The van der Waals surface area contributed by atoms with Gasteiger partial charge in [0.05, 0.1) is 6.54 Å². The average Bonchev–Trinajstić information content (AvgIpc) is 2.92. The van der Waals surface area contributed by atoms with Crippen molar-refractivity contribution < 1.29 is 14.3 Å². The van der Waals surface area contributed by atoms with Crippen molar-refractivity contribution in [3.05, 3.63) is 53.2 Å². The van der Waals surface area contributed by atoms with E-state index in [4.69, 9.17) is 4.42 Å². The molecule has 3 rings (SSSR count). The molecule has 0 aliphatic heterocycles. The summed E-state index contributed by atoms with van der Waals surface area (Å²) in [6.45, 7) is 1.86. The van der Waals surface area contributed by atoms with Crippen molar-refractivity contribution in [2.75, 3.05) is 6.54 Å². The highest BCUT2D eigenvalue weighted by Crippen LogP contribution is 2.34. The number of nitrogens with one attached hydrogen (secondary N) is 1. The van der Waals surface area contributed by atoms with E-state index < -0.39 is 5.60 Å². The molecular weight excluding hydrogens is 268 g/mol. The van der Waals surface area contributed by atoms with Crippen molar-refractivity contribution in [3.8, 4) is 0 Å². The molecule has 0 radical (unpaired) electrons. The second kappa shape index (κ2) is 5.33. The fraction of sp³-hybridized carbons (Fsp3) is 0.375. The number of fused-ring (bicyclic) bond motifs is 1. The number of hydrogen-bond donors (Lipinski definition) is 2. The van der Waals surface area contributed by atoms with Gasteiger partial charge in [-0.15, -0.1) is 0 Å². The van der Waals surface area contributed by atoms with Crippen LogP contribution in [-0.4, -0.2) is 22.5 Å². The number of benzene rings is 1. The first-order chi connectivity index (χ1) is 10.1. The standard InChI is InChI=1S/C16H18N2O3/c1-11-14(18-10-21-11)15(19)17-9-16(20)8-4-6-12-5-2-3-7-13(12)16/h2-3,5,7,10,20H,4,6,8-9H2,1H3,(H,17,19). The van der Waals surface area contributed by atoms with Crippen molar-refractivity contribution in [1.29, 1.82) is 0 Å². The molecule has 2 N–H and O–H groups in total. The van der Waals surface area contributed by atoms with Gasteiger partial charge in [0, 0.05) is 0 Å². The maximum atomic E-state index is 12.1. The predicted molar refractivity (Wildman–Crippen MR) is 76.9 cm³/mol. The number of aliphatic hydroxyl groups is 1. The van der Waals surface area contributed by atoms with E-state index in [1.165, 1.54) is 6.39 Å². The number of carbonyl (C=O) groups excluding carboxylic acids is 1. The van der Waals surface area contributed by atoms with Crippen LogP contribution >= 0.6 is 0 Å². The van der Waals surface area contributed by atoms with Gasteiger partial charge >= 0.3 is 0 Å². The Kier molecular flexibility index (Phi) is 3.51. The molecule has 1 aliphatic carbocycles. The van der Waals surface area contributed by atoms with E-state index in [2.05, 4.69) is 10.3 Å². The van der Waals surface area contributed by atoms with Crippen LogP contribution in [-0.2, 0) is 12.0 Å². The van der Waals surface area contributed by atoms with Gasteiger partial charge in [0.1, 0.15) is 11.4 Å². The van der Waals surface area contributed by atoms with E-state index in [0.29, 0.717) is 12.2 Å². The number of carbonyl (C=O) groups is 1. The van der Waals surface area contributed by atoms with Crippen LogP contribution in [0.1, 0.15) is 40.2 Å². The Morgan fingerprint density at radius 1 is 1.48 bits per heavy atom. The summed E-state index contributed by atoms with van der Waals surface area (Å²) in [6, 6.07) is 7.85. The van der Waals surface area contributed by atoms with Crippen molar-refractivity contribution in [2.24, 2.45) is 0 Å². The van der Waals surface area contributed by atoms with E-state index in [0.717, 1.165) is 24.0 Å². The fourth-order valence-electron chi connectivity index (χ4n) is 2.92. The molecule has 21 heavy (non-hydrogen) atoms. The number of oxazole rings is 1. The topological polar surface area (TPSA) is 75.4 Å². The first-order valence-electron chi connectivity index (χ1n) is 7.09. The van der Waals surface area contributed by atoms with Gasteiger partial charge in [-0.1, -0.05) is 24.3 Å². The van der Waals surface area contributed by atoms with Crippen LogP contribution < -0.4 is 5.32 Å². The van der Waals surface area contributed by atoms with Crippen LogP contribution in [0, 0.1) is 6.92 Å². The van der Waals surface area contributed by atoms with Crippen LogP contribution in [0.3, 0.4) is 0 Å². The highest BCUT2D eigenvalue weighted by Gasteiger charge is 2.34. The number of nitrogens with zero attached hydrogens (tertiary/aromatic N) is 1. The van der Waals surface area contributed by atoms with E-state index in [-0.39, 0.29) is 18.1 Å². The molecule has 5 nitrogen and oxygen atoms in total. The summed E-state index contributed by atoms with van der Waals surface area (Å²) in [4.78, 5) is 16.0. The molecule has 1 aromatic carbocycles. The van der Waals surface area contributed by atoms with Crippen molar-refractivity contribution in [2.45, 2.75) is 31.8 Å². The maximum absolute atomic E-state index is 12.1. The summed E-state index contributed by atoms with van der Waals surface area (Å²) in [7, 11) is 0. The molecule has 2 aromatic rings. The second-order valence-corrected chi connectivity index (χ2v) is 5.48. The Morgan fingerprint density at radius 2 is 2.29 bits per heavy atom. The molecule has 1 aromatic heterocycles. The van der Waals surface area contributed by atoms with Gasteiger partial charge in [0.2, 0.25) is 0 Å². The zero-order valence-corrected chi connectivity index (χ0v) is 11.9. The lowest BCUT2D eigenvalue weighted by Gasteiger charge is -2.34. The average molecular weight is 286 g/mol. The maximum Gasteiger partial charge on any atom is 0.273 e. The van der Waals surface area contributed by atoms with E-state index >= 15 is 0 Å². The second-order valence-electron chi connectivity index (χ2n) is 5.48. The van der Waals surface area contributed by atoms with Gasteiger partial charge in [0.25, 0.3) is 5.91 Å². The highest BCUT2D eigenvalue weighted by molar-refractivity contribution is 5.93. The Balaban J connectivity index is 1.76. The molecule has 1 aliphatic rings. The number of hydrogen-bond acceptors (Lipinski definition) is 4. The molecule has 1 atom stereocenters. The summed E-state index contributed by atoms with van der Waals surface area (Å²) < 4.78 is 5.02. The molecule has 0 saturated heterocycles. The summed E-state index contributed by atoms with van der Waals surface area (Å²) in [6.07, 6.45) is 3.76. The Morgan fingerprint density at radius 3 is 3.05 bits per heavy atom. The lowest BCUT2D eigenvalue weighted by Crippen LogP contribution is -2.43. The number of aryl methyl sites for hydroxylation is 2. The summed E-state index contributed by atoms with van der Waals surface area (Å²) in [5.74, 6) is 0.154. The zero-order chi connectivity index (χ0) is 14.9. The molecule has 1 unspecified atom stereocenters. The third-order valence-electron chi connectivity index (χ3n) is 4.06. The van der Waals surface area contributed by atoms with Crippen molar-refractivity contribution in [1.82, 2.24) is 10.3 Å². The third kappa shape index (κ3) is 2.56. The van der Waals surface area contributed by atoms with Crippen molar-refractivity contribution in [3.63, 3.8) is 0 Å². The molecular formula is C16H18N2O3. The summed E-state index contributed by atoms with van der Waals surface area (Å²) >= 11 is 0. The molecule has 0 spiro atoms. The van der Waals surface area contributed by atoms with Gasteiger partial charge in [-0.05, 0) is 37.3 Å². The van der Waals surface area contributed by atoms with Gasteiger partial charge < -0.3 is 14.8 Å². The van der Waals surface area contributed by atoms with Gasteiger partial charge in [-0.2, -0.15) is 0 Å². The van der Waals surface area contributed by atoms with Crippen LogP contribution in [0.5, 0.6) is 0 Å². The number of aromatic nitrogens is 1. The van der Waals surface area contributed by atoms with Crippen LogP contribution in [0.4, 0.5) is 0 Å². The molecule has 1 heterocycles. The SMILES string of the molecule is Cc1ocnc1C(=O)NCC1(O)CCCc2ccccc21. The quantitative estimate of drug-likeness (QED) is 0.904. The number of amides is 1. The van der Waals surface area contributed by atoms with Crippen LogP contribution in [0.25, 0.3) is 0 Å². The minimum atomic E-state index is -1.01. The minimum Gasteiger partial charge on any atom is -0.448 e. The monoisotopic (exact) mass is 286 g/mol. The lowest BCUT2D eigenvalue weighted by molar-refractivity contribution is 0.0189. The largest absolute Gasteiger partial charge is 0.448 e. The van der Waals surface area contributed by atoms with Crippen LogP contribution in [0.2, 0.25) is 0 Å². The predicted octanol–water partition coefficient (Wildman–Crippen LogP) is 1.94. The van der Waals surface area contributed by atoms with E-state index in [9.17, 15) is 9.90 Å². The van der Waals surface area contributed by atoms with Gasteiger partial charge in [-0.25, -0.2) is 4.98 Å². The van der Waals surface area contributed by atoms with Gasteiger partial charge in [-0.3, -0.25) is 4.79 Å². The lowest BCUT2D eigenvalue weighted by atomic mass is 9.79. The fourth-order valence-corrected chi connectivity index (χ4v) is 2.92. The Labute approximate surface area is 123 Å². The molecule has 0 fully saturated rings. The molecule has 1 amide bonds. The Hall–Kier alpha value is -2.14. The first kappa shape index (κ1) is 13.8. The van der Waals surface area contributed by atoms with Crippen molar-refractivity contribution >= 4 is 5.91 Å². The van der Waals surface area contributed by atoms with E-state index in [1.807, 2.05) is 24.3 Å².